The lowest BCUT2D eigenvalue weighted by Gasteiger charge is -2.30. The topological polar surface area (TPSA) is 18.5 Å². The van der Waals surface area contributed by atoms with E-state index in [1.807, 2.05) is 0 Å². The molecular formula is C54H60O2P2. The van der Waals surface area contributed by atoms with E-state index in [1.54, 1.807) is 0 Å². The highest BCUT2D eigenvalue weighted by atomic mass is 31.1. The van der Waals surface area contributed by atoms with Crippen molar-refractivity contribution in [2.24, 2.45) is 0 Å². The Hall–Kier alpha value is -4.48. The zero-order valence-electron chi connectivity index (χ0n) is 36.6. The number of hydrogen-bond acceptors (Lipinski definition) is 2. The van der Waals surface area contributed by atoms with E-state index >= 15 is 0 Å². The Balaban J connectivity index is 1.38. The first-order valence-electron chi connectivity index (χ1n) is 20.6. The van der Waals surface area contributed by atoms with E-state index in [9.17, 15) is 0 Å². The molecule has 0 spiro atoms. The molecule has 7 aromatic rings. The molecule has 0 bridgehead atoms. The van der Waals surface area contributed by atoms with Crippen LogP contribution in [0.2, 0.25) is 0 Å². The SMILES string of the molecule is CC(C)(C)c1ccc(OP(c2ccc(P(Oc3ccc(C(C)(C)C)cc3C(C)(C)C)c3cccc4ccccc34)cc2)c2cccc3ccccc23)c(C(C)(C)C)c1. The molecular weight excluding hydrogens is 743 g/mol. The summed E-state index contributed by atoms with van der Waals surface area (Å²) >= 11 is 0. The molecule has 2 atom stereocenters. The van der Waals surface area contributed by atoms with Gasteiger partial charge in [0.2, 0.25) is 0 Å². The van der Waals surface area contributed by atoms with E-state index in [4.69, 9.17) is 9.05 Å². The summed E-state index contributed by atoms with van der Waals surface area (Å²) in [6, 6.07) is 53.4. The molecule has 4 heteroatoms. The monoisotopic (exact) mass is 802 g/mol. The average molecular weight is 803 g/mol. The van der Waals surface area contributed by atoms with Crippen molar-refractivity contribution >= 4 is 59.1 Å². The van der Waals surface area contributed by atoms with Gasteiger partial charge in [-0.15, -0.1) is 0 Å². The van der Waals surface area contributed by atoms with Crippen LogP contribution in [0.4, 0.5) is 0 Å². The van der Waals surface area contributed by atoms with Crippen molar-refractivity contribution in [1.82, 2.24) is 0 Å². The highest BCUT2D eigenvalue weighted by molar-refractivity contribution is 7.70. The maximum absolute atomic E-state index is 7.39. The zero-order chi connectivity index (χ0) is 41.6. The molecule has 0 aliphatic rings. The first-order chi connectivity index (χ1) is 27.3. The van der Waals surface area contributed by atoms with Crippen LogP contribution < -0.4 is 30.3 Å². The number of fused-ring (bicyclic) bond motifs is 2. The van der Waals surface area contributed by atoms with Crippen molar-refractivity contribution in [2.45, 2.75) is 105 Å². The molecule has 0 fully saturated rings. The molecule has 2 nitrogen and oxygen atoms in total. The van der Waals surface area contributed by atoms with Gasteiger partial charge in [-0.25, -0.2) is 0 Å². The summed E-state index contributed by atoms with van der Waals surface area (Å²) in [5, 5.41) is 9.61. The van der Waals surface area contributed by atoms with Crippen LogP contribution in [0.25, 0.3) is 21.5 Å². The molecule has 0 saturated heterocycles. The highest BCUT2D eigenvalue weighted by Crippen LogP contribution is 2.47. The van der Waals surface area contributed by atoms with Gasteiger partial charge >= 0.3 is 0 Å². The zero-order valence-corrected chi connectivity index (χ0v) is 38.4. The predicted molar refractivity (Wildman–Crippen MR) is 256 cm³/mol. The molecule has 2 unspecified atom stereocenters. The summed E-state index contributed by atoms with van der Waals surface area (Å²) in [5.74, 6) is 1.89. The van der Waals surface area contributed by atoms with Gasteiger partial charge in [0.05, 0.1) is 0 Å². The van der Waals surface area contributed by atoms with E-state index in [1.165, 1.54) is 54.4 Å². The number of benzene rings is 7. The molecule has 0 N–H and O–H groups in total. The molecule has 298 valence electrons. The van der Waals surface area contributed by atoms with E-state index in [0.29, 0.717) is 0 Å². The van der Waals surface area contributed by atoms with Gasteiger partial charge in [0.15, 0.2) is 16.3 Å². The van der Waals surface area contributed by atoms with Gasteiger partial charge in [0.1, 0.15) is 11.5 Å². The maximum Gasteiger partial charge on any atom is 0.151 e. The van der Waals surface area contributed by atoms with Gasteiger partial charge in [-0.1, -0.05) is 217 Å². The van der Waals surface area contributed by atoms with Crippen molar-refractivity contribution < 1.29 is 9.05 Å². The van der Waals surface area contributed by atoms with E-state index < -0.39 is 16.3 Å². The fourth-order valence-corrected chi connectivity index (χ4v) is 11.3. The minimum absolute atomic E-state index is 0.0293. The van der Waals surface area contributed by atoms with Crippen LogP contribution in [0.3, 0.4) is 0 Å². The second-order valence-corrected chi connectivity index (χ2v) is 23.2. The van der Waals surface area contributed by atoms with Gasteiger partial charge in [-0.2, -0.15) is 0 Å². The molecule has 0 aliphatic heterocycles. The van der Waals surface area contributed by atoms with E-state index in [0.717, 1.165) is 22.1 Å². The van der Waals surface area contributed by atoms with Gasteiger partial charge in [0, 0.05) is 32.3 Å². The quantitative estimate of drug-likeness (QED) is 0.143. The van der Waals surface area contributed by atoms with Gasteiger partial charge < -0.3 is 9.05 Å². The first kappa shape index (κ1) is 41.7. The highest BCUT2D eigenvalue weighted by Gasteiger charge is 2.30. The van der Waals surface area contributed by atoms with Crippen LogP contribution in [0.15, 0.2) is 146 Å². The molecule has 0 heterocycles. The Morgan fingerprint density at radius 3 is 1.03 bits per heavy atom. The second kappa shape index (κ2) is 15.9. The number of rotatable bonds is 8. The molecule has 0 aromatic heterocycles. The van der Waals surface area contributed by atoms with Gasteiger partial charge in [-0.05, 0) is 66.5 Å². The minimum atomic E-state index is -1.26. The molecule has 58 heavy (non-hydrogen) atoms. The third-order valence-electron chi connectivity index (χ3n) is 11.0. The average Bonchev–Trinajstić information content (AvgIpc) is 3.17. The standard InChI is InChI=1S/C54H60O2P2/c1-51(2,3)39-27-33-47(45(35-39)53(7,8)9)55-57(49-25-17-21-37-19-13-15-23-43(37)49)41-29-31-42(32-30-41)58(50-26-18-22-38-20-14-16-24-44(38)50)56-48-34-28-40(52(4,5)6)36-46(48)54(10,11)12/h13-36H,1-12H3. The van der Waals surface area contributed by atoms with Crippen molar-refractivity contribution in [3.05, 3.63) is 168 Å². The van der Waals surface area contributed by atoms with Crippen LogP contribution in [-0.2, 0) is 21.7 Å². The molecule has 7 rings (SSSR count). The van der Waals surface area contributed by atoms with Crippen LogP contribution in [0.5, 0.6) is 11.5 Å². The van der Waals surface area contributed by atoms with Crippen LogP contribution >= 0.6 is 16.3 Å². The molecule has 0 radical (unpaired) electrons. The fourth-order valence-electron chi connectivity index (χ4n) is 7.50. The maximum atomic E-state index is 7.39. The fraction of sp³-hybridized carbons (Fsp3) is 0.296. The van der Waals surface area contributed by atoms with Gasteiger partial charge in [-0.3, -0.25) is 0 Å². The van der Waals surface area contributed by atoms with Crippen molar-refractivity contribution in [3.63, 3.8) is 0 Å². The summed E-state index contributed by atoms with van der Waals surface area (Å²) in [6.07, 6.45) is 0. The van der Waals surface area contributed by atoms with Gasteiger partial charge in [0.25, 0.3) is 0 Å². The lowest BCUT2D eigenvalue weighted by atomic mass is 9.80. The Kier molecular flexibility index (Phi) is 11.5. The third-order valence-corrected chi connectivity index (χ3v) is 14.9. The summed E-state index contributed by atoms with van der Waals surface area (Å²) in [6.45, 7) is 27.4. The Morgan fingerprint density at radius 1 is 0.345 bits per heavy atom. The van der Waals surface area contributed by atoms with E-state index in [2.05, 4.69) is 229 Å². The predicted octanol–water partition coefficient (Wildman–Crippen LogP) is 14.0. The Morgan fingerprint density at radius 2 is 0.690 bits per heavy atom. The van der Waals surface area contributed by atoms with Crippen molar-refractivity contribution in [3.8, 4) is 11.5 Å². The Labute approximate surface area is 350 Å². The molecule has 0 amide bonds. The lowest BCUT2D eigenvalue weighted by molar-refractivity contribution is 0.531. The lowest BCUT2D eigenvalue weighted by Crippen LogP contribution is -2.23. The van der Waals surface area contributed by atoms with Crippen molar-refractivity contribution in [2.75, 3.05) is 0 Å². The summed E-state index contributed by atoms with van der Waals surface area (Å²) in [5.41, 5.74) is 4.92. The largest absolute Gasteiger partial charge is 0.464 e. The Bertz CT molecular complexity index is 2370. The van der Waals surface area contributed by atoms with Crippen molar-refractivity contribution in [1.29, 1.82) is 0 Å². The smallest absolute Gasteiger partial charge is 0.151 e. The second-order valence-electron chi connectivity index (χ2n) is 19.7. The normalized spacial score (nSPS) is 13.7. The first-order valence-corrected chi connectivity index (χ1v) is 23.1. The third kappa shape index (κ3) is 8.90. The van der Waals surface area contributed by atoms with E-state index in [-0.39, 0.29) is 21.7 Å². The summed E-state index contributed by atoms with van der Waals surface area (Å²) in [7, 11) is -2.52. The summed E-state index contributed by atoms with van der Waals surface area (Å²) in [4.78, 5) is 0. The molecule has 7 aromatic carbocycles. The van der Waals surface area contributed by atoms with Crippen LogP contribution in [0, 0.1) is 0 Å². The molecule has 0 aliphatic carbocycles. The minimum Gasteiger partial charge on any atom is -0.464 e. The molecule has 0 saturated carbocycles. The summed E-state index contributed by atoms with van der Waals surface area (Å²) < 4.78 is 14.8. The van der Waals surface area contributed by atoms with Crippen LogP contribution in [0.1, 0.15) is 105 Å². The van der Waals surface area contributed by atoms with Crippen LogP contribution in [-0.4, -0.2) is 0 Å². The number of hydrogen-bond donors (Lipinski definition) is 0.